The molecule has 2 heterocycles. The summed E-state index contributed by atoms with van der Waals surface area (Å²) >= 11 is 6.00. The zero-order chi connectivity index (χ0) is 14.3. The molecule has 20 heavy (non-hydrogen) atoms. The van der Waals surface area contributed by atoms with Gasteiger partial charge in [-0.3, -0.25) is 4.79 Å². The number of carbonyl (C=O) groups excluding carboxylic acids is 1. The molecule has 0 unspecified atom stereocenters. The van der Waals surface area contributed by atoms with E-state index in [4.69, 9.17) is 16.3 Å². The van der Waals surface area contributed by atoms with Crippen LogP contribution in [0.4, 0.5) is 5.69 Å². The van der Waals surface area contributed by atoms with Crippen molar-refractivity contribution < 1.29 is 9.53 Å². The van der Waals surface area contributed by atoms with Crippen LogP contribution in [-0.2, 0) is 16.0 Å². The number of hydrogen-bond acceptors (Lipinski definition) is 3. The molecule has 3 rings (SSSR count). The van der Waals surface area contributed by atoms with Crippen LogP contribution in [0.3, 0.4) is 0 Å². The summed E-state index contributed by atoms with van der Waals surface area (Å²) in [4.78, 5) is 14.5. The SMILES string of the molecule is CC1(C)CN(C(=O)[C@@H]2Cc3cc(Cl)ccc3N2)CCO1. The number of nitrogens with one attached hydrogen (secondary N) is 1. The first-order valence-electron chi connectivity index (χ1n) is 6.92. The minimum atomic E-state index is -0.261. The molecule has 1 saturated heterocycles. The number of carbonyl (C=O) groups is 1. The Morgan fingerprint density at radius 3 is 3.05 bits per heavy atom. The maximum Gasteiger partial charge on any atom is 0.245 e. The average Bonchev–Trinajstić information content (AvgIpc) is 2.79. The zero-order valence-corrected chi connectivity index (χ0v) is 12.5. The molecule has 108 valence electrons. The molecule has 4 nitrogen and oxygen atoms in total. The molecule has 1 N–H and O–H groups in total. The molecule has 1 aromatic carbocycles. The van der Waals surface area contributed by atoms with Gasteiger partial charge in [0.05, 0.1) is 12.2 Å². The van der Waals surface area contributed by atoms with E-state index in [1.165, 1.54) is 0 Å². The number of hydrogen-bond donors (Lipinski definition) is 1. The molecule has 0 spiro atoms. The Morgan fingerprint density at radius 2 is 2.30 bits per heavy atom. The number of benzene rings is 1. The highest BCUT2D eigenvalue weighted by Gasteiger charge is 2.35. The summed E-state index contributed by atoms with van der Waals surface area (Å²) in [6, 6.07) is 5.53. The van der Waals surface area contributed by atoms with E-state index in [0.717, 1.165) is 11.3 Å². The van der Waals surface area contributed by atoms with Gasteiger partial charge in [-0.05, 0) is 37.6 Å². The Kier molecular flexibility index (Phi) is 3.38. The van der Waals surface area contributed by atoms with Crippen LogP contribution < -0.4 is 5.32 Å². The maximum atomic E-state index is 12.6. The number of morpholine rings is 1. The van der Waals surface area contributed by atoms with Gasteiger partial charge >= 0.3 is 0 Å². The van der Waals surface area contributed by atoms with Gasteiger partial charge in [-0.25, -0.2) is 0 Å². The predicted molar refractivity (Wildman–Crippen MR) is 79.2 cm³/mol. The van der Waals surface area contributed by atoms with E-state index in [-0.39, 0.29) is 17.6 Å². The number of fused-ring (bicyclic) bond motifs is 1. The molecule has 0 radical (unpaired) electrons. The van der Waals surface area contributed by atoms with E-state index >= 15 is 0 Å². The van der Waals surface area contributed by atoms with Crippen LogP contribution in [0, 0.1) is 0 Å². The molecule has 2 aliphatic heterocycles. The van der Waals surface area contributed by atoms with Crippen molar-refractivity contribution in [2.75, 3.05) is 25.0 Å². The summed E-state index contributed by atoms with van der Waals surface area (Å²) in [5, 5.41) is 4.01. The number of nitrogens with zero attached hydrogens (tertiary/aromatic N) is 1. The molecule has 0 aromatic heterocycles. The van der Waals surface area contributed by atoms with Crippen molar-refractivity contribution in [3.63, 3.8) is 0 Å². The third-order valence-corrected chi connectivity index (χ3v) is 4.09. The second kappa shape index (κ2) is 4.93. The van der Waals surface area contributed by atoms with Gasteiger partial charge in [-0.2, -0.15) is 0 Å². The van der Waals surface area contributed by atoms with E-state index in [2.05, 4.69) is 5.32 Å². The van der Waals surface area contributed by atoms with Crippen LogP contribution in [0.25, 0.3) is 0 Å². The minimum Gasteiger partial charge on any atom is -0.373 e. The molecule has 1 fully saturated rings. The van der Waals surface area contributed by atoms with Gasteiger partial charge in [0, 0.05) is 30.2 Å². The minimum absolute atomic E-state index is 0.147. The molecule has 5 heteroatoms. The van der Waals surface area contributed by atoms with Crippen LogP contribution in [0.1, 0.15) is 19.4 Å². The lowest BCUT2D eigenvalue weighted by molar-refractivity contribution is -0.146. The first-order chi connectivity index (χ1) is 9.44. The Balaban J connectivity index is 1.71. The molecule has 1 amide bonds. The largest absolute Gasteiger partial charge is 0.373 e. The summed E-state index contributed by atoms with van der Waals surface area (Å²) in [6.45, 7) is 5.94. The Hall–Kier alpha value is -1.26. The summed E-state index contributed by atoms with van der Waals surface area (Å²) in [7, 11) is 0. The van der Waals surface area contributed by atoms with Gasteiger partial charge in [0.25, 0.3) is 0 Å². The summed E-state index contributed by atoms with van der Waals surface area (Å²) in [5.41, 5.74) is 1.87. The van der Waals surface area contributed by atoms with Crippen LogP contribution in [0.2, 0.25) is 5.02 Å². The average molecular weight is 295 g/mol. The predicted octanol–water partition coefficient (Wildman–Crippen LogP) is 2.31. The Labute approximate surface area is 124 Å². The van der Waals surface area contributed by atoms with Crippen molar-refractivity contribution in [3.05, 3.63) is 28.8 Å². The van der Waals surface area contributed by atoms with E-state index < -0.39 is 0 Å². The summed E-state index contributed by atoms with van der Waals surface area (Å²) in [5.74, 6) is 0.147. The van der Waals surface area contributed by atoms with Gasteiger partial charge < -0.3 is 15.0 Å². The highest BCUT2D eigenvalue weighted by molar-refractivity contribution is 6.30. The van der Waals surface area contributed by atoms with Gasteiger partial charge in [0.1, 0.15) is 6.04 Å². The Bertz CT molecular complexity index is 545. The topological polar surface area (TPSA) is 41.6 Å². The van der Waals surface area contributed by atoms with E-state index in [1.807, 2.05) is 36.9 Å². The molecule has 1 aromatic rings. The van der Waals surface area contributed by atoms with Crippen molar-refractivity contribution in [3.8, 4) is 0 Å². The van der Waals surface area contributed by atoms with Crippen molar-refractivity contribution in [2.45, 2.75) is 31.9 Å². The first kappa shape index (κ1) is 13.7. The van der Waals surface area contributed by atoms with Gasteiger partial charge in [0.2, 0.25) is 5.91 Å². The lowest BCUT2D eigenvalue weighted by Crippen LogP contribution is -2.54. The fraction of sp³-hybridized carbons (Fsp3) is 0.533. The molecular weight excluding hydrogens is 276 g/mol. The van der Waals surface area contributed by atoms with Crippen molar-refractivity contribution in [1.82, 2.24) is 4.90 Å². The van der Waals surface area contributed by atoms with E-state index in [9.17, 15) is 4.79 Å². The smallest absolute Gasteiger partial charge is 0.245 e. The maximum absolute atomic E-state index is 12.6. The fourth-order valence-electron chi connectivity index (χ4n) is 2.90. The highest BCUT2D eigenvalue weighted by Crippen LogP contribution is 2.29. The van der Waals surface area contributed by atoms with Gasteiger partial charge in [-0.1, -0.05) is 11.6 Å². The highest BCUT2D eigenvalue weighted by atomic mass is 35.5. The number of ether oxygens (including phenoxy) is 1. The van der Waals surface area contributed by atoms with Crippen molar-refractivity contribution >= 4 is 23.2 Å². The lowest BCUT2D eigenvalue weighted by Gasteiger charge is -2.39. The second-order valence-electron chi connectivity index (χ2n) is 6.07. The van der Waals surface area contributed by atoms with E-state index in [1.54, 1.807) is 0 Å². The van der Waals surface area contributed by atoms with Crippen LogP contribution >= 0.6 is 11.6 Å². The Morgan fingerprint density at radius 1 is 1.50 bits per heavy atom. The lowest BCUT2D eigenvalue weighted by atomic mass is 10.1. The monoisotopic (exact) mass is 294 g/mol. The molecule has 0 bridgehead atoms. The number of amides is 1. The number of halogens is 1. The van der Waals surface area contributed by atoms with E-state index in [0.29, 0.717) is 31.1 Å². The van der Waals surface area contributed by atoms with Gasteiger partial charge in [0.15, 0.2) is 0 Å². The standard InChI is InChI=1S/C15H19ClN2O2/c1-15(2)9-18(5-6-20-15)14(19)13-8-10-7-11(16)3-4-12(10)17-13/h3-4,7,13,17H,5-6,8-9H2,1-2H3/t13-/m0/s1. The van der Waals surface area contributed by atoms with Crippen LogP contribution in [0.15, 0.2) is 18.2 Å². The second-order valence-corrected chi connectivity index (χ2v) is 6.51. The summed E-state index contributed by atoms with van der Waals surface area (Å²) in [6.07, 6.45) is 0.701. The van der Waals surface area contributed by atoms with Crippen LogP contribution in [0.5, 0.6) is 0 Å². The molecule has 2 aliphatic rings. The third-order valence-electron chi connectivity index (χ3n) is 3.86. The molecule has 1 atom stereocenters. The molecule has 0 saturated carbocycles. The van der Waals surface area contributed by atoms with Crippen molar-refractivity contribution in [1.29, 1.82) is 0 Å². The third kappa shape index (κ3) is 2.63. The first-order valence-corrected chi connectivity index (χ1v) is 7.30. The molecular formula is C15H19ClN2O2. The quantitative estimate of drug-likeness (QED) is 0.864. The summed E-state index contributed by atoms with van der Waals surface area (Å²) < 4.78 is 5.65. The number of rotatable bonds is 1. The van der Waals surface area contributed by atoms with Crippen molar-refractivity contribution in [2.24, 2.45) is 0 Å². The number of anilines is 1. The zero-order valence-electron chi connectivity index (χ0n) is 11.8. The van der Waals surface area contributed by atoms with Crippen LogP contribution in [-0.4, -0.2) is 42.1 Å². The molecule has 0 aliphatic carbocycles. The van der Waals surface area contributed by atoms with Gasteiger partial charge in [-0.15, -0.1) is 0 Å². The normalized spacial score (nSPS) is 24.1. The fourth-order valence-corrected chi connectivity index (χ4v) is 3.10.